The first kappa shape index (κ1) is 13.8. The van der Waals surface area contributed by atoms with Gasteiger partial charge in [-0.2, -0.15) is 0 Å². The molecule has 0 spiro atoms. The first-order chi connectivity index (χ1) is 6.86. The molecule has 1 unspecified atom stereocenters. The van der Waals surface area contributed by atoms with Gasteiger partial charge in [-0.15, -0.1) is 11.8 Å². The predicted molar refractivity (Wildman–Crippen MR) is 56.4 cm³/mol. The molecule has 0 heterocycles. The molecule has 0 saturated carbocycles. The van der Waals surface area contributed by atoms with Gasteiger partial charge in [-0.25, -0.2) is 4.79 Å². The maximum absolute atomic E-state index is 11.4. The summed E-state index contributed by atoms with van der Waals surface area (Å²) in [4.78, 5) is 33.4. The molecule has 0 aromatic carbocycles. The molecular formula is C8H14N2O4S. The van der Waals surface area contributed by atoms with Crippen LogP contribution in [0.25, 0.3) is 0 Å². The van der Waals surface area contributed by atoms with Gasteiger partial charge in [0.2, 0.25) is 11.8 Å². The van der Waals surface area contributed by atoms with E-state index in [1.165, 1.54) is 14.0 Å². The first-order valence-corrected chi connectivity index (χ1v) is 5.36. The lowest BCUT2D eigenvalue weighted by Gasteiger charge is -2.20. The SMILES string of the molecule is CC(C(=O)O)N(C)C(=O)CSCC(N)=O. The third kappa shape index (κ3) is 5.26. The van der Waals surface area contributed by atoms with E-state index in [9.17, 15) is 14.4 Å². The van der Waals surface area contributed by atoms with Gasteiger partial charge < -0.3 is 15.7 Å². The maximum Gasteiger partial charge on any atom is 0.326 e. The van der Waals surface area contributed by atoms with Gasteiger partial charge in [0, 0.05) is 7.05 Å². The normalized spacial score (nSPS) is 11.9. The quantitative estimate of drug-likeness (QED) is 0.622. The van der Waals surface area contributed by atoms with Crippen molar-refractivity contribution in [3.63, 3.8) is 0 Å². The van der Waals surface area contributed by atoms with Crippen molar-refractivity contribution in [2.24, 2.45) is 5.73 Å². The molecule has 0 bridgehead atoms. The first-order valence-electron chi connectivity index (χ1n) is 4.20. The van der Waals surface area contributed by atoms with E-state index in [-0.39, 0.29) is 17.4 Å². The van der Waals surface area contributed by atoms with Gasteiger partial charge in [0.1, 0.15) is 6.04 Å². The van der Waals surface area contributed by atoms with E-state index in [1.807, 2.05) is 0 Å². The van der Waals surface area contributed by atoms with E-state index in [4.69, 9.17) is 10.8 Å². The van der Waals surface area contributed by atoms with E-state index < -0.39 is 17.9 Å². The van der Waals surface area contributed by atoms with Crippen LogP contribution in [-0.2, 0) is 14.4 Å². The van der Waals surface area contributed by atoms with Crippen molar-refractivity contribution in [2.75, 3.05) is 18.6 Å². The summed E-state index contributed by atoms with van der Waals surface area (Å²) in [5, 5.41) is 8.64. The zero-order valence-corrected chi connectivity index (χ0v) is 9.41. The Morgan fingerprint density at radius 2 is 1.93 bits per heavy atom. The highest BCUT2D eigenvalue weighted by molar-refractivity contribution is 8.00. The van der Waals surface area contributed by atoms with Crippen LogP contribution in [0.2, 0.25) is 0 Å². The minimum absolute atomic E-state index is 0.0526. The second-order valence-corrected chi connectivity index (χ2v) is 3.96. The summed E-state index contributed by atoms with van der Waals surface area (Å²) < 4.78 is 0. The Kier molecular flexibility index (Phi) is 5.76. The fraction of sp³-hybridized carbons (Fsp3) is 0.625. The van der Waals surface area contributed by atoms with Gasteiger partial charge in [0.25, 0.3) is 0 Å². The molecule has 1 atom stereocenters. The minimum Gasteiger partial charge on any atom is -0.480 e. The molecule has 0 aliphatic rings. The topological polar surface area (TPSA) is 101 Å². The van der Waals surface area contributed by atoms with Crippen LogP contribution in [-0.4, -0.2) is 52.4 Å². The number of hydrogen-bond acceptors (Lipinski definition) is 4. The van der Waals surface area contributed by atoms with Gasteiger partial charge in [-0.05, 0) is 6.92 Å². The number of hydrogen-bond donors (Lipinski definition) is 2. The molecule has 2 amide bonds. The third-order valence-electron chi connectivity index (χ3n) is 1.80. The number of carbonyl (C=O) groups excluding carboxylic acids is 2. The Labute approximate surface area is 91.8 Å². The molecular weight excluding hydrogens is 220 g/mol. The van der Waals surface area contributed by atoms with E-state index in [2.05, 4.69) is 0 Å². The van der Waals surface area contributed by atoms with Gasteiger partial charge in [-0.3, -0.25) is 9.59 Å². The van der Waals surface area contributed by atoms with Gasteiger partial charge >= 0.3 is 5.97 Å². The van der Waals surface area contributed by atoms with Crippen molar-refractivity contribution >= 4 is 29.5 Å². The van der Waals surface area contributed by atoms with Crippen molar-refractivity contribution in [1.29, 1.82) is 0 Å². The fourth-order valence-corrected chi connectivity index (χ4v) is 1.40. The lowest BCUT2D eigenvalue weighted by molar-refractivity contribution is -0.147. The van der Waals surface area contributed by atoms with Crippen LogP contribution in [0.1, 0.15) is 6.92 Å². The number of aliphatic carboxylic acids is 1. The lowest BCUT2D eigenvalue weighted by atomic mass is 10.3. The lowest BCUT2D eigenvalue weighted by Crippen LogP contribution is -2.41. The number of amides is 2. The molecule has 0 radical (unpaired) electrons. The Balaban J connectivity index is 3.99. The Hall–Kier alpha value is -1.24. The number of rotatable bonds is 6. The highest BCUT2D eigenvalue weighted by Crippen LogP contribution is 2.04. The predicted octanol–water partition coefficient (Wildman–Crippen LogP) is -0.864. The highest BCUT2D eigenvalue weighted by Gasteiger charge is 2.21. The molecule has 86 valence electrons. The molecule has 0 saturated heterocycles. The molecule has 15 heavy (non-hydrogen) atoms. The molecule has 0 aromatic heterocycles. The van der Waals surface area contributed by atoms with Crippen molar-refractivity contribution in [3.8, 4) is 0 Å². The maximum atomic E-state index is 11.4. The number of carboxylic acids is 1. The summed E-state index contributed by atoms with van der Waals surface area (Å²) in [7, 11) is 1.41. The van der Waals surface area contributed by atoms with Crippen LogP contribution < -0.4 is 5.73 Å². The summed E-state index contributed by atoms with van der Waals surface area (Å²) in [6.45, 7) is 1.42. The molecule has 0 rings (SSSR count). The highest BCUT2D eigenvalue weighted by atomic mass is 32.2. The van der Waals surface area contributed by atoms with Gasteiger partial charge in [-0.1, -0.05) is 0 Å². The molecule has 7 heteroatoms. The summed E-state index contributed by atoms with van der Waals surface area (Å²) in [6.07, 6.45) is 0. The fourth-order valence-electron chi connectivity index (χ4n) is 0.722. The summed E-state index contributed by atoms with van der Waals surface area (Å²) in [6, 6.07) is -0.869. The smallest absolute Gasteiger partial charge is 0.326 e. The van der Waals surface area contributed by atoms with Crippen molar-refractivity contribution < 1.29 is 19.5 Å². The van der Waals surface area contributed by atoms with Crippen molar-refractivity contribution in [3.05, 3.63) is 0 Å². The monoisotopic (exact) mass is 234 g/mol. The standard InChI is InChI=1S/C8H14N2O4S/c1-5(8(13)14)10(2)7(12)4-15-3-6(9)11/h5H,3-4H2,1-2H3,(H2,9,11)(H,13,14). The second-order valence-electron chi connectivity index (χ2n) is 2.98. The van der Waals surface area contributed by atoms with Gasteiger partial charge in [0.15, 0.2) is 0 Å². The zero-order chi connectivity index (χ0) is 12.0. The number of likely N-dealkylation sites (N-methyl/N-ethyl adjacent to an activating group) is 1. The van der Waals surface area contributed by atoms with Crippen molar-refractivity contribution in [1.82, 2.24) is 4.90 Å². The molecule has 3 N–H and O–H groups in total. The van der Waals surface area contributed by atoms with E-state index >= 15 is 0 Å². The third-order valence-corrected chi connectivity index (χ3v) is 2.74. The zero-order valence-electron chi connectivity index (χ0n) is 8.60. The van der Waals surface area contributed by atoms with Crippen LogP contribution >= 0.6 is 11.8 Å². The molecule has 0 aromatic rings. The summed E-state index contributed by atoms with van der Waals surface area (Å²) in [5.41, 5.74) is 4.88. The van der Waals surface area contributed by atoms with E-state index in [1.54, 1.807) is 0 Å². The number of nitrogens with two attached hydrogens (primary N) is 1. The molecule has 0 fully saturated rings. The Bertz CT molecular complexity index is 269. The average molecular weight is 234 g/mol. The number of nitrogens with zero attached hydrogens (tertiary/aromatic N) is 1. The number of primary amides is 1. The summed E-state index contributed by atoms with van der Waals surface area (Å²) >= 11 is 1.07. The van der Waals surface area contributed by atoms with Crippen LogP contribution in [0.3, 0.4) is 0 Å². The van der Waals surface area contributed by atoms with Crippen LogP contribution in [0, 0.1) is 0 Å². The van der Waals surface area contributed by atoms with Crippen molar-refractivity contribution in [2.45, 2.75) is 13.0 Å². The summed E-state index contributed by atoms with van der Waals surface area (Å²) in [5.74, 6) is -1.79. The Morgan fingerprint density at radius 3 is 2.33 bits per heavy atom. The molecule has 0 aliphatic heterocycles. The Morgan fingerprint density at radius 1 is 1.40 bits per heavy atom. The van der Waals surface area contributed by atoms with Gasteiger partial charge in [0.05, 0.1) is 11.5 Å². The largest absolute Gasteiger partial charge is 0.480 e. The molecule has 0 aliphatic carbocycles. The number of carboxylic acid groups (broad SMARTS) is 1. The van der Waals surface area contributed by atoms with Crippen LogP contribution in [0.4, 0.5) is 0 Å². The van der Waals surface area contributed by atoms with Crippen LogP contribution in [0.15, 0.2) is 0 Å². The second kappa shape index (κ2) is 6.28. The number of carbonyl (C=O) groups is 3. The van der Waals surface area contributed by atoms with E-state index in [0.717, 1.165) is 16.7 Å². The molecule has 6 nitrogen and oxygen atoms in total. The number of thioether (sulfide) groups is 1. The van der Waals surface area contributed by atoms with Crippen LogP contribution in [0.5, 0.6) is 0 Å². The average Bonchev–Trinajstić information content (AvgIpc) is 2.14. The minimum atomic E-state index is -1.06. The van der Waals surface area contributed by atoms with E-state index in [0.29, 0.717) is 0 Å².